The molecule has 2 rings (SSSR count). The van der Waals surface area contributed by atoms with Gasteiger partial charge in [-0.05, 0) is 39.3 Å². The lowest BCUT2D eigenvalue weighted by Gasteiger charge is -2.17. The highest BCUT2D eigenvalue weighted by Gasteiger charge is 2.28. The summed E-state index contributed by atoms with van der Waals surface area (Å²) in [5.41, 5.74) is 5.83. The number of oxime groups is 1. The minimum atomic E-state index is -0.856. The van der Waals surface area contributed by atoms with Crippen LogP contribution in [0.4, 0.5) is 0 Å². The van der Waals surface area contributed by atoms with Crippen LogP contribution in [0.5, 0.6) is 5.75 Å². The molecular formula is C18H20BrN3O4. The van der Waals surface area contributed by atoms with Crippen molar-refractivity contribution in [3.05, 3.63) is 62.5 Å². The highest BCUT2D eigenvalue weighted by atomic mass is 79.9. The molecule has 1 heterocycles. The van der Waals surface area contributed by atoms with Crippen molar-refractivity contribution in [2.45, 2.75) is 33.3 Å². The number of aryl methyl sites for hydroxylation is 1. The molecule has 0 aliphatic rings. The molecule has 0 fully saturated rings. The molecule has 1 amide bonds. The van der Waals surface area contributed by atoms with E-state index in [-0.39, 0.29) is 17.0 Å². The first-order valence-electron chi connectivity index (χ1n) is 7.79. The number of rotatable bonds is 4. The molecule has 0 saturated heterocycles. The number of amides is 1. The van der Waals surface area contributed by atoms with Crippen LogP contribution >= 0.6 is 15.9 Å². The SMILES string of the molecule is Cc1ccc(/C(=N/OC(C)(C)C)c2c(O)c(C(N)=O)cc[n+]2[O-])cc1Br. The van der Waals surface area contributed by atoms with Gasteiger partial charge in [-0.3, -0.25) is 4.79 Å². The van der Waals surface area contributed by atoms with Crippen molar-refractivity contribution >= 4 is 27.5 Å². The van der Waals surface area contributed by atoms with Gasteiger partial charge in [0, 0.05) is 16.1 Å². The number of aromatic hydroxyl groups is 1. The molecule has 1 aromatic carbocycles. The van der Waals surface area contributed by atoms with Crippen LogP contribution in [0.3, 0.4) is 0 Å². The van der Waals surface area contributed by atoms with E-state index in [9.17, 15) is 15.1 Å². The Morgan fingerprint density at radius 3 is 2.54 bits per heavy atom. The molecule has 0 saturated carbocycles. The van der Waals surface area contributed by atoms with E-state index in [0.29, 0.717) is 10.3 Å². The van der Waals surface area contributed by atoms with E-state index in [2.05, 4.69) is 21.1 Å². The fourth-order valence-corrected chi connectivity index (χ4v) is 2.48. The van der Waals surface area contributed by atoms with Gasteiger partial charge in [0.05, 0.1) is 5.56 Å². The third-order valence-electron chi connectivity index (χ3n) is 3.42. The normalized spacial score (nSPS) is 12.1. The number of aromatic nitrogens is 1. The van der Waals surface area contributed by atoms with E-state index in [0.717, 1.165) is 22.3 Å². The second-order valence-corrected chi connectivity index (χ2v) is 7.58. The van der Waals surface area contributed by atoms with Gasteiger partial charge in [0.1, 0.15) is 5.60 Å². The highest BCUT2D eigenvalue weighted by molar-refractivity contribution is 9.10. The monoisotopic (exact) mass is 421 g/mol. The third-order valence-corrected chi connectivity index (χ3v) is 4.28. The topological polar surface area (TPSA) is 112 Å². The first kappa shape index (κ1) is 19.7. The van der Waals surface area contributed by atoms with E-state index in [1.807, 2.05) is 13.0 Å². The van der Waals surface area contributed by atoms with Crippen molar-refractivity contribution < 1.29 is 19.5 Å². The van der Waals surface area contributed by atoms with E-state index >= 15 is 0 Å². The van der Waals surface area contributed by atoms with Crippen LogP contribution < -0.4 is 10.5 Å². The number of benzene rings is 1. The molecule has 2 aromatic rings. The van der Waals surface area contributed by atoms with Gasteiger partial charge in [-0.15, -0.1) is 0 Å². The molecule has 0 aliphatic carbocycles. The van der Waals surface area contributed by atoms with Gasteiger partial charge < -0.3 is 20.9 Å². The Morgan fingerprint density at radius 2 is 2.00 bits per heavy atom. The van der Waals surface area contributed by atoms with Crippen LogP contribution in [0, 0.1) is 12.1 Å². The van der Waals surface area contributed by atoms with E-state index in [1.54, 1.807) is 32.9 Å². The number of hydrogen-bond acceptors (Lipinski definition) is 5. The summed E-state index contributed by atoms with van der Waals surface area (Å²) in [7, 11) is 0. The summed E-state index contributed by atoms with van der Waals surface area (Å²) >= 11 is 3.43. The minimum Gasteiger partial charge on any atom is -0.618 e. The lowest BCUT2D eigenvalue weighted by Crippen LogP contribution is -2.36. The van der Waals surface area contributed by atoms with Crippen molar-refractivity contribution in [1.82, 2.24) is 0 Å². The fraction of sp³-hybridized carbons (Fsp3) is 0.278. The molecule has 26 heavy (non-hydrogen) atoms. The van der Waals surface area contributed by atoms with E-state index in [4.69, 9.17) is 10.6 Å². The van der Waals surface area contributed by atoms with Crippen LogP contribution in [0.2, 0.25) is 0 Å². The van der Waals surface area contributed by atoms with Crippen LogP contribution in [-0.4, -0.2) is 22.3 Å². The Kier molecular flexibility index (Phi) is 5.56. The predicted molar refractivity (Wildman–Crippen MR) is 101 cm³/mol. The number of carbonyl (C=O) groups excluding carboxylic acids is 1. The van der Waals surface area contributed by atoms with Gasteiger partial charge in [-0.2, -0.15) is 4.73 Å². The smallest absolute Gasteiger partial charge is 0.289 e. The maximum Gasteiger partial charge on any atom is 0.289 e. The van der Waals surface area contributed by atoms with Crippen LogP contribution in [0.25, 0.3) is 0 Å². The van der Waals surface area contributed by atoms with Crippen molar-refractivity contribution in [2.24, 2.45) is 10.9 Å². The molecule has 0 atom stereocenters. The summed E-state index contributed by atoms with van der Waals surface area (Å²) < 4.78 is 1.21. The zero-order valence-electron chi connectivity index (χ0n) is 14.9. The Bertz CT molecular complexity index is 889. The quantitative estimate of drug-likeness (QED) is 0.342. The number of carbonyl (C=O) groups is 1. The maximum atomic E-state index is 12.4. The van der Waals surface area contributed by atoms with Gasteiger partial charge in [-0.1, -0.05) is 33.2 Å². The molecule has 0 aliphatic heterocycles. The summed E-state index contributed by atoms with van der Waals surface area (Å²) in [6, 6.07) is 6.47. The van der Waals surface area contributed by atoms with Gasteiger partial charge in [0.25, 0.3) is 11.6 Å². The number of nitrogens with zero attached hydrogens (tertiary/aromatic N) is 2. The number of primary amides is 1. The Morgan fingerprint density at radius 1 is 1.35 bits per heavy atom. The predicted octanol–water partition coefficient (Wildman–Crippen LogP) is 2.76. The molecular weight excluding hydrogens is 402 g/mol. The molecule has 138 valence electrons. The second kappa shape index (κ2) is 7.33. The number of nitrogens with two attached hydrogens (primary N) is 1. The van der Waals surface area contributed by atoms with Crippen LogP contribution in [0.1, 0.15) is 48.0 Å². The largest absolute Gasteiger partial charge is 0.618 e. The van der Waals surface area contributed by atoms with Gasteiger partial charge in [0.2, 0.25) is 5.75 Å². The molecule has 0 spiro atoms. The Hall–Kier alpha value is -2.61. The van der Waals surface area contributed by atoms with E-state index < -0.39 is 17.3 Å². The van der Waals surface area contributed by atoms with Crippen molar-refractivity contribution in [2.75, 3.05) is 0 Å². The first-order chi connectivity index (χ1) is 12.0. The molecule has 0 unspecified atom stereocenters. The number of hydrogen-bond donors (Lipinski definition) is 2. The Balaban J connectivity index is 2.75. The molecule has 0 radical (unpaired) electrons. The number of halogens is 1. The highest BCUT2D eigenvalue weighted by Crippen LogP contribution is 2.25. The zero-order valence-corrected chi connectivity index (χ0v) is 16.5. The average molecular weight is 422 g/mol. The van der Waals surface area contributed by atoms with Crippen LogP contribution in [0.15, 0.2) is 40.1 Å². The molecule has 7 nitrogen and oxygen atoms in total. The fourth-order valence-electron chi connectivity index (χ4n) is 2.10. The lowest BCUT2D eigenvalue weighted by atomic mass is 10.0. The van der Waals surface area contributed by atoms with Crippen molar-refractivity contribution in [3.63, 3.8) is 0 Å². The number of pyridine rings is 1. The van der Waals surface area contributed by atoms with Gasteiger partial charge in [-0.25, -0.2) is 0 Å². The Labute approximate surface area is 159 Å². The zero-order chi connectivity index (χ0) is 19.6. The maximum absolute atomic E-state index is 12.4. The van der Waals surface area contributed by atoms with Crippen LogP contribution in [-0.2, 0) is 4.84 Å². The van der Waals surface area contributed by atoms with Crippen molar-refractivity contribution in [1.29, 1.82) is 0 Å². The second-order valence-electron chi connectivity index (χ2n) is 6.72. The molecule has 0 bridgehead atoms. The first-order valence-corrected chi connectivity index (χ1v) is 8.58. The molecule has 8 heteroatoms. The minimum absolute atomic E-state index is 0.0798. The summed E-state index contributed by atoms with van der Waals surface area (Å²) in [6.45, 7) is 7.30. The third kappa shape index (κ3) is 4.32. The summed E-state index contributed by atoms with van der Waals surface area (Å²) in [4.78, 5) is 17.0. The molecule has 3 N–H and O–H groups in total. The van der Waals surface area contributed by atoms with Gasteiger partial charge in [0.15, 0.2) is 11.9 Å². The summed E-state index contributed by atoms with van der Waals surface area (Å²) in [6.07, 6.45) is 1.09. The molecule has 1 aromatic heterocycles. The van der Waals surface area contributed by atoms with E-state index in [1.165, 1.54) is 0 Å². The average Bonchev–Trinajstić information content (AvgIpc) is 2.52. The van der Waals surface area contributed by atoms with Crippen molar-refractivity contribution in [3.8, 4) is 5.75 Å². The summed E-state index contributed by atoms with van der Waals surface area (Å²) in [5, 5.41) is 26.9. The standard InChI is InChI=1S/C18H20BrN3O4/c1-10-5-6-11(9-13(10)19)14(21-26-18(2,3)4)15-16(23)12(17(20)24)7-8-22(15)25/h5-9,23H,1-4H3,(H2,20,24)/b21-14-. The van der Waals surface area contributed by atoms with Gasteiger partial charge >= 0.3 is 0 Å². The summed E-state index contributed by atoms with van der Waals surface area (Å²) in [5.74, 6) is -1.41. The lowest BCUT2D eigenvalue weighted by molar-refractivity contribution is -0.607.